The number of nitrogen functional groups attached to an aromatic ring is 1. The first kappa shape index (κ1) is 18.3. The van der Waals surface area contributed by atoms with Crippen molar-refractivity contribution in [1.29, 1.82) is 0 Å². The Hall–Kier alpha value is -1.76. The number of benzene rings is 1. The average Bonchev–Trinajstić information content (AvgIpc) is 2.43. The highest BCUT2D eigenvalue weighted by Crippen LogP contribution is 2.38. The Morgan fingerprint density at radius 3 is 2.41 bits per heavy atom. The summed E-state index contributed by atoms with van der Waals surface area (Å²) in [6.45, 7) is 3.81. The summed E-state index contributed by atoms with van der Waals surface area (Å²) in [5.74, 6) is -0.519. The number of rotatable bonds is 6. The fourth-order valence-electron chi connectivity index (χ4n) is 2.33. The average molecular weight is 318 g/mol. The van der Waals surface area contributed by atoms with E-state index in [0.717, 1.165) is 12.1 Å². The fourth-order valence-corrected chi connectivity index (χ4v) is 2.33. The van der Waals surface area contributed by atoms with Gasteiger partial charge in [-0.1, -0.05) is 6.07 Å². The molecule has 1 atom stereocenters. The molecule has 0 fully saturated rings. The van der Waals surface area contributed by atoms with Crippen LogP contribution >= 0.6 is 0 Å². The number of ether oxygens (including phenoxy) is 1. The summed E-state index contributed by atoms with van der Waals surface area (Å²) < 4.78 is 43.2. The van der Waals surface area contributed by atoms with Gasteiger partial charge in [0.25, 0.3) is 0 Å². The topological polar surface area (TPSA) is 78.3 Å². The Balaban J connectivity index is 3.28. The van der Waals surface area contributed by atoms with E-state index in [1.165, 1.54) is 6.07 Å². The quantitative estimate of drug-likeness (QED) is 0.624. The van der Waals surface area contributed by atoms with E-state index >= 15 is 0 Å². The Morgan fingerprint density at radius 2 is 1.95 bits per heavy atom. The van der Waals surface area contributed by atoms with Crippen LogP contribution in [0.25, 0.3) is 0 Å². The van der Waals surface area contributed by atoms with Crippen LogP contribution < -0.4 is 11.5 Å². The number of anilines is 1. The molecule has 0 aliphatic carbocycles. The van der Waals surface area contributed by atoms with E-state index in [0.29, 0.717) is 24.9 Å². The van der Waals surface area contributed by atoms with Crippen LogP contribution in [0.2, 0.25) is 0 Å². The maximum absolute atomic E-state index is 12.7. The summed E-state index contributed by atoms with van der Waals surface area (Å²) in [7, 11) is 0. The summed E-state index contributed by atoms with van der Waals surface area (Å²) in [5.41, 5.74) is 9.52. The van der Waals surface area contributed by atoms with Gasteiger partial charge in [0, 0.05) is 5.69 Å². The zero-order valence-electron chi connectivity index (χ0n) is 12.7. The summed E-state index contributed by atoms with van der Waals surface area (Å²) in [4.78, 5) is 12.3. The van der Waals surface area contributed by atoms with Crippen LogP contribution in [0.3, 0.4) is 0 Å². The molecule has 0 aliphatic rings. The maximum atomic E-state index is 12.7. The number of esters is 1. The van der Waals surface area contributed by atoms with Crippen LogP contribution in [0.15, 0.2) is 18.2 Å². The minimum Gasteiger partial charge on any atom is -0.465 e. The largest absolute Gasteiger partial charge is 0.465 e. The molecule has 0 heterocycles. The molecule has 1 unspecified atom stereocenters. The third kappa shape index (κ3) is 3.91. The second kappa shape index (κ2) is 7.00. The van der Waals surface area contributed by atoms with Crippen LogP contribution in [0.1, 0.15) is 37.8 Å². The first-order valence-electron chi connectivity index (χ1n) is 7.01. The van der Waals surface area contributed by atoms with E-state index in [1.807, 2.05) is 0 Å². The van der Waals surface area contributed by atoms with Gasteiger partial charge in [0.15, 0.2) is 0 Å². The molecule has 1 aromatic carbocycles. The second-order valence-electron chi connectivity index (χ2n) is 5.24. The maximum Gasteiger partial charge on any atom is 0.416 e. The first-order chi connectivity index (χ1) is 10.2. The van der Waals surface area contributed by atoms with E-state index in [1.54, 1.807) is 13.8 Å². The third-order valence-electron chi connectivity index (χ3n) is 3.58. The predicted octanol–water partition coefficient (Wildman–Crippen LogP) is 2.85. The number of hydrogen-bond donors (Lipinski definition) is 2. The molecule has 1 aromatic rings. The zero-order chi connectivity index (χ0) is 17.0. The first-order valence-corrected chi connectivity index (χ1v) is 7.01. The predicted molar refractivity (Wildman–Crippen MR) is 78.1 cm³/mol. The number of hydrogen-bond acceptors (Lipinski definition) is 4. The van der Waals surface area contributed by atoms with E-state index in [-0.39, 0.29) is 12.3 Å². The van der Waals surface area contributed by atoms with Gasteiger partial charge in [-0.05, 0) is 50.9 Å². The zero-order valence-corrected chi connectivity index (χ0v) is 12.7. The number of alkyl halides is 3. The Labute approximate surface area is 127 Å². The highest BCUT2D eigenvalue weighted by molar-refractivity contribution is 5.85. The van der Waals surface area contributed by atoms with E-state index in [9.17, 15) is 18.0 Å². The van der Waals surface area contributed by atoms with Gasteiger partial charge in [0.1, 0.15) is 0 Å². The molecule has 0 spiro atoms. The van der Waals surface area contributed by atoms with Crippen LogP contribution in [-0.2, 0) is 21.1 Å². The van der Waals surface area contributed by atoms with Gasteiger partial charge in [-0.3, -0.25) is 4.79 Å². The highest BCUT2D eigenvalue weighted by atomic mass is 19.4. The van der Waals surface area contributed by atoms with Gasteiger partial charge in [0.2, 0.25) is 0 Å². The van der Waals surface area contributed by atoms with Gasteiger partial charge < -0.3 is 16.2 Å². The van der Waals surface area contributed by atoms with E-state index in [2.05, 4.69) is 0 Å². The molecule has 7 heteroatoms. The molecule has 0 aromatic heterocycles. The van der Waals surface area contributed by atoms with Crippen molar-refractivity contribution in [2.45, 2.75) is 38.3 Å². The highest BCUT2D eigenvalue weighted by Gasteiger charge is 2.39. The van der Waals surface area contributed by atoms with Crippen molar-refractivity contribution in [2.75, 3.05) is 18.9 Å². The number of nitrogens with two attached hydrogens (primary N) is 2. The summed E-state index contributed by atoms with van der Waals surface area (Å²) in [6.07, 6.45) is -3.61. The smallest absolute Gasteiger partial charge is 0.416 e. The molecule has 1 rings (SSSR count). The van der Waals surface area contributed by atoms with E-state index < -0.39 is 23.1 Å². The standard InChI is InChI=1S/C15H21F3N2O2/c1-3-22-13(21)14(2,7-4-8-19)11-6-5-10(9-12(11)20)15(16,17)18/h5-6,9H,3-4,7-8,19-20H2,1-2H3. The third-order valence-corrected chi connectivity index (χ3v) is 3.58. The Kier molecular flexibility index (Phi) is 5.82. The molecule has 0 bridgehead atoms. The molecule has 4 N–H and O–H groups in total. The van der Waals surface area contributed by atoms with Gasteiger partial charge >= 0.3 is 12.1 Å². The Bertz CT molecular complexity index is 532. The molecule has 0 aliphatic heterocycles. The van der Waals surface area contributed by atoms with Crippen LogP contribution in [0, 0.1) is 0 Å². The molecule has 22 heavy (non-hydrogen) atoms. The van der Waals surface area contributed by atoms with Crippen LogP contribution in [0.4, 0.5) is 18.9 Å². The summed E-state index contributed by atoms with van der Waals surface area (Å²) >= 11 is 0. The molecular formula is C15H21F3N2O2. The Morgan fingerprint density at radius 1 is 1.32 bits per heavy atom. The lowest BCUT2D eigenvalue weighted by Gasteiger charge is -2.29. The van der Waals surface area contributed by atoms with Gasteiger partial charge in [-0.25, -0.2) is 0 Å². The SMILES string of the molecule is CCOC(=O)C(C)(CCCN)c1ccc(C(F)(F)F)cc1N. The number of carbonyl (C=O) groups is 1. The lowest BCUT2D eigenvalue weighted by atomic mass is 9.77. The van der Waals surface area contributed by atoms with Crippen molar-refractivity contribution in [3.63, 3.8) is 0 Å². The molecule has 124 valence electrons. The normalized spacial score (nSPS) is 14.5. The monoisotopic (exact) mass is 318 g/mol. The number of carbonyl (C=O) groups excluding carboxylic acids is 1. The summed E-state index contributed by atoms with van der Waals surface area (Å²) in [6, 6.07) is 3.01. The van der Waals surface area contributed by atoms with Crippen molar-refractivity contribution in [3.8, 4) is 0 Å². The van der Waals surface area contributed by atoms with Gasteiger partial charge in [0.05, 0.1) is 17.6 Å². The number of halogens is 3. The van der Waals surface area contributed by atoms with Gasteiger partial charge in [-0.2, -0.15) is 13.2 Å². The van der Waals surface area contributed by atoms with Crippen molar-refractivity contribution < 1.29 is 22.7 Å². The molecular weight excluding hydrogens is 297 g/mol. The van der Waals surface area contributed by atoms with Crippen molar-refractivity contribution >= 4 is 11.7 Å². The fraction of sp³-hybridized carbons (Fsp3) is 0.533. The lowest BCUT2D eigenvalue weighted by Crippen LogP contribution is -2.36. The molecule has 0 amide bonds. The van der Waals surface area contributed by atoms with Crippen molar-refractivity contribution in [3.05, 3.63) is 29.3 Å². The van der Waals surface area contributed by atoms with Crippen LogP contribution in [0.5, 0.6) is 0 Å². The lowest BCUT2D eigenvalue weighted by molar-refractivity contribution is -0.149. The summed E-state index contributed by atoms with van der Waals surface area (Å²) in [5, 5.41) is 0. The molecule has 0 saturated carbocycles. The van der Waals surface area contributed by atoms with Gasteiger partial charge in [-0.15, -0.1) is 0 Å². The minimum atomic E-state index is -4.48. The van der Waals surface area contributed by atoms with Crippen LogP contribution in [-0.4, -0.2) is 19.1 Å². The minimum absolute atomic E-state index is 0.0811. The molecule has 0 radical (unpaired) electrons. The van der Waals surface area contributed by atoms with Crippen molar-refractivity contribution in [2.24, 2.45) is 5.73 Å². The van der Waals surface area contributed by atoms with E-state index in [4.69, 9.17) is 16.2 Å². The van der Waals surface area contributed by atoms with Crippen molar-refractivity contribution in [1.82, 2.24) is 0 Å². The molecule has 4 nitrogen and oxygen atoms in total. The second-order valence-corrected chi connectivity index (χ2v) is 5.24. The molecule has 0 saturated heterocycles.